The monoisotopic (exact) mass is 277 g/mol. The molecule has 0 unspecified atom stereocenters. The number of hydrogen-bond acceptors (Lipinski definition) is 4. The van der Waals surface area contributed by atoms with Gasteiger partial charge in [-0.05, 0) is 26.0 Å². The van der Waals surface area contributed by atoms with Gasteiger partial charge in [-0.25, -0.2) is 14.6 Å². The van der Waals surface area contributed by atoms with Gasteiger partial charge in [-0.3, -0.25) is 15.0 Å². The summed E-state index contributed by atoms with van der Waals surface area (Å²) in [5.41, 5.74) is -0.143. The molecule has 0 saturated carbocycles. The largest absolute Gasteiger partial charge is 0.478 e. The van der Waals surface area contributed by atoms with Crippen LogP contribution >= 0.6 is 0 Å². The Morgan fingerprint density at radius 1 is 1.20 bits per heavy atom. The van der Waals surface area contributed by atoms with Crippen LogP contribution in [-0.2, 0) is 9.59 Å². The number of anilines is 1. The fourth-order valence-corrected chi connectivity index (χ4v) is 1.26. The minimum atomic E-state index is -1.21. The molecule has 0 saturated heterocycles. The lowest BCUT2D eigenvalue weighted by atomic mass is 10.1. The van der Waals surface area contributed by atoms with Crippen molar-refractivity contribution in [2.24, 2.45) is 0 Å². The average molecular weight is 277 g/mol. The minimum Gasteiger partial charge on any atom is -0.478 e. The number of aliphatic carboxylic acids is 1. The first kappa shape index (κ1) is 15.4. The topological polar surface area (TPSA) is 99.6 Å². The fraction of sp³-hybridized carbons (Fsp3) is 0.231. The number of carboxylic acid groups (broad SMARTS) is 1. The molecule has 0 spiro atoms. The first-order chi connectivity index (χ1) is 9.34. The Labute approximate surface area is 115 Å². The Balaban J connectivity index is 2.79. The van der Waals surface area contributed by atoms with Crippen molar-refractivity contribution in [1.82, 2.24) is 10.3 Å². The zero-order chi connectivity index (χ0) is 15.3. The van der Waals surface area contributed by atoms with E-state index in [2.05, 4.69) is 10.3 Å². The van der Waals surface area contributed by atoms with Gasteiger partial charge in [0, 0.05) is 24.4 Å². The summed E-state index contributed by atoms with van der Waals surface area (Å²) in [6.07, 6.45) is 1.51. The average Bonchev–Trinajstić information content (AvgIpc) is 2.45. The van der Waals surface area contributed by atoms with Gasteiger partial charge in [-0.2, -0.15) is 0 Å². The predicted octanol–water partition coefficient (Wildman–Crippen LogP) is 1.18. The van der Waals surface area contributed by atoms with Crippen molar-refractivity contribution in [3.05, 3.63) is 35.5 Å². The van der Waals surface area contributed by atoms with Crippen LogP contribution in [0.25, 0.3) is 0 Å². The van der Waals surface area contributed by atoms with Gasteiger partial charge in [-0.15, -0.1) is 0 Å². The van der Waals surface area contributed by atoms with Crippen LogP contribution in [0.2, 0.25) is 0 Å². The van der Waals surface area contributed by atoms with Gasteiger partial charge < -0.3 is 5.11 Å². The molecule has 20 heavy (non-hydrogen) atoms. The van der Waals surface area contributed by atoms with Crippen molar-refractivity contribution < 1.29 is 19.5 Å². The second kappa shape index (κ2) is 6.46. The lowest BCUT2D eigenvalue weighted by Crippen LogP contribution is -2.41. The third-order valence-electron chi connectivity index (χ3n) is 2.74. The third kappa shape index (κ3) is 3.64. The Hall–Kier alpha value is -2.70. The van der Waals surface area contributed by atoms with Crippen LogP contribution in [-0.4, -0.2) is 35.0 Å². The lowest BCUT2D eigenvalue weighted by Gasteiger charge is -2.16. The number of imide groups is 1. The molecule has 106 valence electrons. The second-order valence-corrected chi connectivity index (χ2v) is 4.06. The van der Waals surface area contributed by atoms with Crippen molar-refractivity contribution >= 4 is 23.7 Å². The summed E-state index contributed by atoms with van der Waals surface area (Å²) >= 11 is 0. The maximum Gasteiger partial charge on any atom is 0.331 e. The molecule has 0 aliphatic heterocycles. The van der Waals surface area contributed by atoms with Gasteiger partial charge in [0.1, 0.15) is 5.82 Å². The van der Waals surface area contributed by atoms with E-state index in [1.807, 2.05) is 0 Å². The Kier molecular flexibility index (Phi) is 4.96. The van der Waals surface area contributed by atoms with E-state index in [9.17, 15) is 14.4 Å². The molecule has 0 radical (unpaired) electrons. The van der Waals surface area contributed by atoms with E-state index < -0.39 is 17.9 Å². The molecule has 0 atom stereocenters. The summed E-state index contributed by atoms with van der Waals surface area (Å²) < 4.78 is 0. The summed E-state index contributed by atoms with van der Waals surface area (Å²) in [4.78, 5) is 39.4. The molecule has 1 aromatic heterocycles. The maximum absolute atomic E-state index is 11.8. The van der Waals surface area contributed by atoms with E-state index in [0.717, 1.165) is 4.90 Å². The lowest BCUT2D eigenvalue weighted by molar-refractivity contribution is -0.133. The first-order valence-electron chi connectivity index (χ1n) is 5.75. The summed E-state index contributed by atoms with van der Waals surface area (Å²) in [6, 6.07) is 4.32. The molecule has 1 rings (SSSR count). The van der Waals surface area contributed by atoms with E-state index in [1.54, 1.807) is 18.2 Å². The number of carboxylic acids is 1. The van der Waals surface area contributed by atoms with Crippen LogP contribution in [0.1, 0.15) is 13.8 Å². The Morgan fingerprint density at radius 2 is 1.85 bits per heavy atom. The van der Waals surface area contributed by atoms with E-state index in [1.165, 1.54) is 27.1 Å². The van der Waals surface area contributed by atoms with Crippen LogP contribution in [0.5, 0.6) is 0 Å². The summed E-state index contributed by atoms with van der Waals surface area (Å²) in [7, 11) is 1.45. The highest BCUT2D eigenvalue weighted by Crippen LogP contribution is 2.08. The van der Waals surface area contributed by atoms with Crippen molar-refractivity contribution in [3.63, 3.8) is 0 Å². The van der Waals surface area contributed by atoms with Crippen LogP contribution < -0.4 is 10.2 Å². The van der Waals surface area contributed by atoms with Crippen LogP contribution in [0.4, 0.5) is 10.6 Å². The zero-order valence-corrected chi connectivity index (χ0v) is 11.4. The number of nitrogens with one attached hydrogen (secondary N) is 1. The Bertz CT molecular complexity index is 566. The molecule has 1 heterocycles. The number of amides is 3. The van der Waals surface area contributed by atoms with E-state index in [0.29, 0.717) is 5.82 Å². The van der Waals surface area contributed by atoms with E-state index in [4.69, 9.17) is 5.11 Å². The van der Waals surface area contributed by atoms with Crippen molar-refractivity contribution in [2.45, 2.75) is 13.8 Å². The van der Waals surface area contributed by atoms with Crippen molar-refractivity contribution in [1.29, 1.82) is 0 Å². The quantitative estimate of drug-likeness (QED) is 0.808. The van der Waals surface area contributed by atoms with Crippen LogP contribution in [0, 0.1) is 0 Å². The standard InChI is InChI=1S/C13H15N3O4/c1-8(9(2)12(18)19)11(17)15-13(20)16(3)10-6-4-5-7-14-10/h4-7H,1-3H3,(H,18,19)(H,15,17,20). The normalized spacial score (nSPS) is 11.3. The number of rotatable bonds is 3. The van der Waals surface area contributed by atoms with Crippen molar-refractivity contribution in [3.8, 4) is 0 Å². The van der Waals surface area contributed by atoms with Gasteiger partial charge in [-0.1, -0.05) is 6.07 Å². The van der Waals surface area contributed by atoms with Crippen LogP contribution in [0.15, 0.2) is 35.5 Å². The SMILES string of the molecule is CC(C(=O)O)=C(C)C(=O)NC(=O)N(C)c1ccccn1. The first-order valence-corrected chi connectivity index (χ1v) is 5.75. The molecular formula is C13H15N3O4. The highest BCUT2D eigenvalue weighted by Gasteiger charge is 2.18. The molecule has 0 fully saturated rings. The van der Waals surface area contributed by atoms with Gasteiger partial charge in [0.15, 0.2) is 0 Å². The molecule has 0 aliphatic rings. The molecule has 3 amide bonds. The molecule has 7 heteroatoms. The molecular weight excluding hydrogens is 262 g/mol. The number of hydrogen-bond donors (Lipinski definition) is 2. The van der Waals surface area contributed by atoms with Gasteiger partial charge in [0.05, 0.1) is 0 Å². The third-order valence-corrected chi connectivity index (χ3v) is 2.74. The number of nitrogens with zero attached hydrogens (tertiary/aromatic N) is 2. The number of aromatic nitrogens is 1. The summed E-state index contributed by atoms with van der Waals surface area (Å²) in [5, 5.41) is 10.9. The number of urea groups is 1. The van der Waals surface area contributed by atoms with E-state index >= 15 is 0 Å². The van der Waals surface area contributed by atoms with Gasteiger partial charge >= 0.3 is 12.0 Å². The number of carbonyl (C=O) groups is 3. The highest BCUT2D eigenvalue weighted by molar-refractivity contribution is 6.10. The number of carbonyl (C=O) groups excluding carboxylic acids is 2. The van der Waals surface area contributed by atoms with Crippen molar-refractivity contribution in [2.75, 3.05) is 11.9 Å². The molecule has 0 bridgehead atoms. The molecule has 0 aromatic carbocycles. The molecule has 1 aromatic rings. The second-order valence-electron chi connectivity index (χ2n) is 4.06. The molecule has 0 aliphatic carbocycles. The summed E-state index contributed by atoms with van der Waals surface area (Å²) in [6.45, 7) is 2.64. The van der Waals surface area contributed by atoms with Crippen LogP contribution in [0.3, 0.4) is 0 Å². The fourth-order valence-electron chi connectivity index (χ4n) is 1.26. The molecule has 7 nitrogen and oxygen atoms in total. The molecule has 2 N–H and O–H groups in total. The zero-order valence-electron chi connectivity index (χ0n) is 11.4. The van der Waals surface area contributed by atoms with Gasteiger partial charge in [0.2, 0.25) is 0 Å². The smallest absolute Gasteiger partial charge is 0.331 e. The highest BCUT2D eigenvalue weighted by atomic mass is 16.4. The van der Waals surface area contributed by atoms with Gasteiger partial charge in [0.25, 0.3) is 5.91 Å². The van der Waals surface area contributed by atoms with E-state index in [-0.39, 0.29) is 11.1 Å². The maximum atomic E-state index is 11.8. The summed E-state index contributed by atoms with van der Waals surface area (Å²) in [5.74, 6) is -1.59. The Morgan fingerprint density at radius 3 is 2.35 bits per heavy atom. The minimum absolute atomic E-state index is 0.0275. The predicted molar refractivity (Wildman–Crippen MR) is 72.2 cm³/mol. The number of pyridine rings is 1.